The normalized spacial score (nSPS) is 11.8. The molecule has 0 bridgehead atoms. The van der Waals surface area contributed by atoms with Gasteiger partial charge < -0.3 is 5.11 Å². The molecular weight excluding hydrogens is 400 g/mol. The summed E-state index contributed by atoms with van der Waals surface area (Å²) in [6.07, 6.45) is 0. The van der Waals surface area contributed by atoms with Gasteiger partial charge in [0, 0.05) is 0 Å². The van der Waals surface area contributed by atoms with Crippen molar-refractivity contribution in [3.8, 4) is 11.4 Å². The van der Waals surface area contributed by atoms with Crippen molar-refractivity contribution in [2.45, 2.75) is 16.8 Å². The van der Waals surface area contributed by atoms with E-state index in [1.54, 1.807) is 54.6 Å². The van der Waals surface area contributed by atoms with E-state index in [1.807, 2.05) is 25.1 Å². The molecule has 0 unspecified atom stereocenters. The molecule has 0 aliphatic heterocycles. The van der Waals surface area contributed by atoms with E-state index in [0.29, 0.717) is 11.4 Å². The second-order valence-electron chi connectivity index (χ2n) is 6.58. The van der Waals surface area contributed by atoms with E-state index in [2.05, 4.69) is 15.3 Å². The molecule has 0 saturated heterocycles. The van der Waals surface area contributed by atoms with Gasteiger partial charge in [-0.3, -0.25) is 0 Å². The summed E-state index contributed by atoms with van der Waals surface area (Å²) in [5, 5.41) is 22.7. The summed E-state index contributed by atoms with van der Waals surface area (Å²) in [7, 11) is -4.05. The van der Waals surface area contributed by atoms with Crippen LogP contribution in [-0.4, -0.2) is 23.3 Å². The Morgan fingerprint density at radius 2 is 1.43 bits per heavy atom. The highest BCUT2D eigenvalue weighted by atomic mass is 32.2. The third-order valence-corrected chi connectivity index (χ3v) is 6.09. The number of azo groups is 1. The van der Waals surface area contributed by atoms with E-state index in [4.69, 9.17) is 0 Å². The molecule has 4 aromatic rings. The molecule has 7 nitrogen and oxygen atoms in total. The Balaban J connectivity index is 1.89. The summed E-state index contributed by atoms with van der Waals surface area (Å²) in [5.74, 6) is -0.628. The lowest BCUT2D eigenvalue weighted by Gasteiger charge is -2.03. The SMILES string of the molecule is Cc1ccc(-n2nc(S(=O)(=O)c3ccccc3)c(O)c2N=Nc2ccccc2)cc1. The zero-order valence-electron chi connectivity index (χ0n) is 16.0. The fourth-order valence-electron chi connectivity index (χ4n) is 2.83. The number of hydrogen-bond acceptors (Lipinski definition) is 6. The summed E-state index contributed by atoms with van der Waals surface area (Å²) < 4.78 is 27.4. The number of nitrogens with zero attached hydrogens (tertiary/aromatic N) is 4. The molecule has 0 radical (unpaired) electrons. The Labute approximate surface area is 173 Å². The second kappa shape index (κ2) is 7.92. The van der Waals surface area contributed by atoms with Crippen molar-refractivity contribution >= 4 is 21.3 Å². The molecule has 0 saturated carbocycles. The Morgan fingerprint density at radius 3 is 2.07 bits per heavy atom. The summed E-state index contributed by atoms with van der Waals surface area (Å²) in [5.41, 5.74) is 2.13. The van der Waals surface area contributed by atoms with Gasteiger partial charge in [-0.25, -0.2) is 13.1 Å². The zero-order chi connectivity index (χ0) is 21.1. The average Bonchev–Trinajstić information content (AvgIpc) is 3.11. The van der Waals surface area contributed by atoms with Crippen LogP contribution >= 0.6 is 0 Å². The van der Waals surface area contributed by atoms with Crippen molar-refractivity contribution < 1.29 is 13.5 Å². The quantitative estimate of drug-likeness (QED) is 0.454. The molecule has 3 aromatic carbocycles. The fraction of sp³-hybridized carbons (Fsp3) is 0.0455. The summed E-state index contributed by atoms with van der Waals surface area (Å²) in [6.45, 7) is 1.94. The first-order valence-corrected chi connectivity index (χ1v) is 10.6. The van der Waals surface area contributed by atoms with Crippen molar-refractivity contribution in [3.05, 3.63) is 90.5 Å². The van der Waals surface area contributed by atoms with Gasteiger partial charge in [-0.05, 0) is 43.3 Å². The minimum atomic E-state index is -4.05. The van der Waals surface area contributed by atoms with Crippen molar-refractivity contribution in [1.82, 2.24) is 9.78 Å². The van der Waals surface area contributed by atoms with E-state index < -0.39 is 20.6 Å². The van der Waals surface area contributed by atoms with Crippen LogP contribution in [0.2, 0.25) is 0 Å². The summed E-state index contributed by atoms with van der Waals surface area (Å²) in [4.78, 5) is 0.0282. The first kappa shape index (κ1) is 19.5. The highest BCUT2D eigenvalue weighted by Gasteiger charge is 2.30. The molecule has 1 aromatic heterocycles. The molecule has 4 rings (SSSR count). The van der Waals surface area contributed by atoms with Gasteiger partial charge in [-0.1, -0.05) is 54.1 Å². The molecule has 0 amide bonds. The van der Waals surface area contributed by atoms with Crippen LogP contribution in [0.25, 0.3) is 5.69 Å². The molecule has 0 spiro atoms. The Kier molecular flexibility index (Phi) is 5.16. The summed E-state index contributed by atoms with van der Waals surface area (Å²) in [6, 6.07) is 24.0. The van der Waals surface area contributed by atoms with Gasteiger partial charge in [0.25, 0.3) is 0 Å². The largest absolute Gasteiger partial charge is 0.502 e. The molecule has 0 aliphatic rings. The average molecular weight is 418 g/mol. The maximum absolute atomic E-state index is 13.1. The lowest BCUT2D eigenvalue weighted by Crippen LogP contribution is -2.04. The molecular formula is C22H18N4O3S. The number of hydrogen-bond donors (Lipinski definition) is 1. The van der Waals surface area contributed by atoms with Gasteiger partial charge >= 0.3 is 0 Å². The van der Waals surface area contributed by atoms with Gasteiger partial charge in [0.1, 0.15) is 0 Å². The molecule has 1 heterocycles. The first-order valence-electron chi connectivity index (χ1n) is 9.13. The maximum atomic E-state index is 13.1. The highest BCUT2D eigenvalue weighted by molar-refractivity contribution is 7.91. The zero-order valence-corrected chi connectivity index (χ0v) is 16.9. The van der Waals surface area contributed by atoms with Crippen LogP contribution in [0.4, 0.5) is 11.5 Å². The van der Waals surface area contributed by atoms with Crippen molar-refractivity contribution in [3.63, 3.8) is 0 Å². The van der Waals surface area contributed by atoms with Crippen LogP contribution in [0.3, 0.4) is 0 Å². The fourth-order valence-corrected chi connectivity index (χ4v) is 4.10. The van der Waals surface area contributed by atoms with Gasteiger partial charge in [0.05, 0.1) is 16.3 Å². The topological polar surface area (TPSA) is 96.9 Å². The molecule has 30 heavy (non-hydrogen) atoms. The van der Waals surface area contributed by atoms with Crippen LogP contribution < -0.4 is 0 Å². The van der Waals surface area contributed by atoms with Crippen LogP contribution in [-0.2, 0) is 9.84 Å². The van der Waals surface area contributed by atoms with E-state index in [9.17, 15) is 13.5 Å². The Hall–Kier alpha value is -3.78. The molecule has 0 aliphatic carbocycles. The minimum absolute atomic E-state index is 0.0282. The van der Waals surface area contributed by atoms with Crippen molar-refractivity contribution in [2.24, 2.45) is 10.2 Å². The molecule has 0 atom stereocenters. The van der Waals surface area contributed by atoms with E-state index in [-0.39, 0.29) is 10.7 Å². The predicted molar refractivity (Wildman–Crippen MR) is 112 cm³/mol. The van der Waals surface area contributed by atoms with E-state index >= 15 is 0 Å². The molecule has 150 valence electrons. The molecule has 0 fully saturated rings. The van der Waals surface area contributed by atoms with E-state index in [1.165, 1.54) is 16.8 Å². The Morgan fingerprint density at radius 1 is 0.833 bits per heavy atom. The molecule has 1 N–H and O–H groups in total. The maximum Gasteiger partial charge on any atom is 0.229 e. The smallest absolute Gasteiger partial charge is 0.229 e. The van der Waals surface area contributed by atoms with Gasteiger partial charge in [-0.2, -0.15) is 0 Å². The third-order valence-electron chi connectivity index (χ3n) is 4.41. The summed E-state index contributed by atoms with van der Waals surface area (Å²) >= 11 is 0. The predicted octanol–water partition coefficient (Wildman–Crippen LogP) is 5.13. The lowest BCUT2D eigenvalue weighted by molar-refractivity contribution is 0.459. The van der Waals surface area contributed by atoms with E-state index in [0.717, 1.165) is 5.56 Å². The number of benzene rings is 3. The number of aromatic nitrogens is 2. The third kappa shape index (κ3) is 3.72. The van der Waals surface area contributed by atoms with Crippen molar-refractivity contribution in [2.75, 3.05) is 0 Å². The minimum Gasteiger partial charge on any atom is -0.502 e. The number of rotatable bonds is 5. The highest BCUT2D eigenvalue weighted by Crippen LogP contribution is 2.38. The second-order valence-corrected chi connectivity index (χ2v) is 8.44. The lowest BCUT2D eigenvalue weighted by atomic mass is 10.2. The van der Waals surface area contributed by atoms with Gasteiger partial charge in [-0.15, -0.1) is 15.3 Å². The van der Waals surface area contributed by atoms with Crippen molar-refractivity contribution in [1.29, 1.82) is 0 Å². The number of aromatic hydroxyl groups is 1. The Bertz CT molecular complexity index is 1300. The number of sulfone groups is 1. The number of aryl methyl sites for hydroxylation is 1. The van der Waals surface area contributed by atoms with Crippen LogP contribution in [0.1, 0.15) is 5.56 Å². The standard InChI is InChI=1S/C22H18N4O3S/c1-16-12-14-18(15-13-16)26-21(24-23-17-8-4-2-5-9-17)20(27)22(25-26)30(28,29)19-10-6-3-7-11-19/h2-15,27H,1H3. The molecule has 8 heteroatoms. The first-order chi connectivity index (χ1) is 14.5. The monoisotopic (exact) mass is 418 g/mol. The van der Waals surface area contributed by atoms with Crippen LogP contribution in [0, 0.1) is 6.92 Å². The van der Waals surface area contributed by atoms with Crippen LogP contribution in [0.15, 0.2) is 105 Å². The van der Waals surface area contributed by atoms with Gasteiger partial charge in [0.2, 0.25) is 26.4 Å². The van der Waals surface area contributed by atoms with Crippen LogP contribution in [0.5, 0.6) is 5.75 Å². The van der Waals surface area contributed by atoms with Gasteiger partial charge in [0.15, 0.2) is 0 Å².